The molecule has 0 aliphatic heterocycles. The lowest BCUT2D eigenvalue weighted by Gasteiger charge is -2.32. The minimum Gasteiger partial charge on any atom is -0.337 e. The van der Waals surface area contributed by atoms with Gasteiger partial charge in [-0.2, -0.15) is 5.26 Å². The standard InChI is InChI=1S/C16H30N4O/c1-13(2)14(18)7-10-20(3)11-15(21)19-16(12-17)8-5-4-6-9-16/h13-14H,4-11,18H2,1-3H3,(H,19,21). The predicted molar refractivity (Wildman–Crippen MR) is 84.5 cm³/mol. The van der Waals surface area contributed by atoms with Gasteiger partial charge in [-0.1, -0.05) is 33.1 Å². The van der Waals surface area contributed by atoms with Gasteiger partial charge in [-0.25, -0.2) is 0 Å². The molecule has 120 valence electrons. The highest BCUT2D eigenvalue weighted by molar-refractivity contribution is 5.79. The third-order valence-electron chi connectivity index (χ3n) is 4.41. The van der Waals surface area contributed by atoms with Gasteiger partial charge in [-0.3, -0.25) is 9.69 Å². The fraction of sp³-hybridized carbons (Fsp3) is 0.875. The highest BCUT2D eigenvalue weighted by atomic mass is 16.2. The summed E-state index contributed by atoms with van der Waals surface area (Å²) in [5, 5.41) is 12.3. The van der Waals surface area contributed by atoms with Crippen LogP contribution < -0.4 is 11.1 Å². The Morgan fingerprint density at radius 1 is 1.38 bits per heavy atom. The van der Waals surface area contributed by atoms with Gasteiger partial charge in [0.2, 0.25) is 5.91 Å². The molecule has 5 nitrogen and oxygen atoms in total. The monoisotopic (exact) mass is 294 g/mol. The number of amides is 1. The van der Waals surface area contributed by atoms with E-state index in [2.05, 4.69) is 25.2 Å². The lowest BCUT2D eigenvalue weighted by atomic mass is 9.83. The molecule has 1 aliphatic rings. The van der Waals surface area contributed by atoms with Gasteiger partial charge in [0.25, 0.3) is 0 Å². The molecular formula is C16H30N4O. The van der Waals surface area contributed by atoms with E-state index in [1.807, 2.05) is 11.9 Å². The SMILES string of the molecule is CC(C)C(N)CCN(C)CC(=O)NC1(C#N)CCCCC1. The van der Waals surface area contributed by atoms with E-state index in [1.165, 1.54) is 0 Å². The first-order valence-electron chi connectivity index (χ1n) is 8.05. The molecule has 1 atom stereocenters. The molecule has 0 saturated heterocycles. The quantitative estimate of drug-likeness (QED) is 0.747. The molecule has 1 amide bonds. The normalized spacial score (nSPS) is 19.3. The predicted octanol–water partition coefficient (Wildman–Crippen LogP) is 1.63. The first-order chi connectivity index (χ1) is 9.88. The number of nitriles is 1. The van der Waals surface area contributed by atoms with Crippen molar-refractivity contribution in [3.8, 4) is 6.07 Å². The third kappa shape index (κ3) is 6.03. The van der Waals surface area contributed by atoms with Crippen molar-refractivity contribution in [2.75, 3.05) is 20.1 Å². The van der Waals surface area contributed by atoms with Crippen LogP contribution in [-0.2, 0) is 4.79 Å². The first-order valence-corrected chi connectivity index (χ1v) is 8.05. The van der Waals surface area contributed by atoms with Crippen LogP contribution in [0.4, 0.5) is 0 Å². The number of nitrogens with two attached hydrogens (primary N) is 1. The molecule has 1 saturated carbocycles. The van der Waals surface area contributed by atoms with Crippen LogP contribution in [0.2, 0.25) is 0 Å². The van der Waals surface area contributed by atoms with Crippen molar-refractivity contribution in [2.24, 2.45) is 11.7 Å². The molecule has 0 spiro atoms. The number of nitrogens with one attached hydrogen (secondary N) is 1. The van der Waals surface area contributed by atoms with E-state index < -0.39 is 5.54 Å². The Kier molecular flexibility index (Phi) is 7.13. The van der Waals surface area contributed by atoms with Crippen LogP contribution in [0.15, 0.2) is 0 Å². The number of carbonyl (C=O) groups is 1. The molecular weight excluding hydrogens is 264 g/mol. The van der Waals surface area contributed by atoms with Gasteiger partial charge in [-0.05, 0) is 38.8 Å². The summed E-state index contributed by atoms with van der Waals surface area (Å²) >= 11 is 0. The Bertz CT molecular complexity index is 369. The second-order valence-corrected chi connectivity index (χ2v) is 6.74. The van der Waals surface area contributed by atoms with Crippen LogP contribution in [0.3, 0.4) is 0 Å². The Hall–Kier alpha value is -1.12. The Labute approximate surface area is 128 Å². The summed E-state index contributed by atoms with van der Waals surface area (Å²) in [6, 6.07) is 2.48. The minimum atomic E-state index is -0.634. The molecule has 0 aromatic heterocycles. The maximum absolute atomic E-state index is 12.1. The number of hydrogen-bond donors (Lipinski definition) is 2. The molecule has 1 rings (SSSR count). The summed E-state index contributed by atoms with van der Waals surface area (Å²) in [6.45, 7) is 5.34. The summed E-state index contributed by atoms with van der Waals surface area (Å²) in [7, 11) is 1.92. The average Bonchev–Trinajstić information content (AvgIpc) is 2.45. The molecule has 5 heteroatoms. The summed E-state index contributed by atoms with van der Waals surface area (Å²) in [4.78, 5) is 14.1. The summed E-state index contributed by atoms with van der Waals surface area (Å²) in [6.07, 6.45) is 5.63. The van der Waals surface area contributed by atoms with Crippen molar-refractivity contribution in [3.05, 3.63) is 0 Å². The van der Waals surface area contributed by atoms with E-state index >= 15 is 0 Å². The van der Waals surface area contributed by atoms with E-state index in [9.17, 15) is 10.1 Å². The van der Waals surface area contributed by atoms with Gasteiger partial charge < -0.3 is 11.1 Å². The van der Waals surface area contributed by atoms with E-state index in [-0.39, 0.29) is 11.9 Å². The smallest absolute Gasteiger partial charge is 0.235 e. The van der Waals surface area contributed by atoms with Crippen molar-refractivity contribution in [3.63, 3.8) is 0 Å². The largest absolute Gasteiger partial charge is 0.337 e. The van der Waals surface area contributed by atoms with Crippen LogP contribution in [0.5, 0.6) is 0 Å². The second-order valence-electron chi connectivity index (χ2n) is 6.74. The lowest BCUT2D eigenvalue weighted by molar-refractivity contribution is -0.123. The molecule has 0 aromatic carbocycles. The molecule has 0 heterocycles. The van der Waals surface area contributed by atoms with Crippen LogP contribution in [0, 0.1) is 17.2 Å². The van der Waals surface area contributed by atoms with E-state index in [1.54, 1.807) is 0 Å². The first kappa shape index (κ1) is 17.9. The third-order valence-corrected chi connectivity index (χ3v) is 4.41. The average molecular weight is 294 g/mol. The molecule has 0 aromatic rings. The van der Waals surface area contributed by atoms with Gasteiger partial charge >= 0.3 is 0 Å². The molecule has 3 N–H and O–H groups in total. The maximum atomic E-state index is 12.1. The number of likely N-dealkylation sites (N-methyl/N-ethyl adjacent to an activating group) is 1. The van der Waals surface area contributed by atoms with Crippen LogP contribution in [-0.4, -0.2) is 42.5 Å². The fourth-order valence-corrected chi connectivity index (χ4v) is 2.75. The van der Waals surface area contributed by atoms with Gasteiger partial charge in [0, 0.05) is 6.04 Å². The highest BCUT2D eigenvalue weighted by Crippen LogP contribution is 2.27. The van der Waals surface area contributed by atoms with Crippen molar-refractivity contribution in [2.45, 2.75) is 64.0 Å². The summed E-state index contributed by atoms with van der Waals surface area (Å²) in [5.41, 5.74) is 5.38. The molecule has 0 radical (unpaired) electrons. The van der Waals surface area contributed by atoms with Crippen LogP contribution in [0.25, 0.3) is 0 Å². The maximum Gasteiger partial charge on any atom is 0.235 e. The van der Waals surface area contributed by atoms with E-state index in [0.29, 0.717) is 12.5 Å². The topological polar surface area (TPSA) is 82.2 Å². The van der Waals surface area contributed by atoms with E-state index in [0.717, 1.165) is 45.1 Å². The summed E-state index contributed by atoms with van der Waals surface area (Å²) < 4.78 is 0. The zero-order valence-electron chi connectivity index (χ0n) is 13.7. The van der Waals surface area contributed by atoms with Gasteiger partial charge in [0.1, 0.15) is 5.54 Å². The molecule has 1 unspecified atom stereocenters. The number of hydrogen-bond acceptors (Lipinski definition) is 4. The zero-order chi connectivity index (χ0) is 15.9. The van der Waals surface area contributed by atoms with Crippen molar-refractivity contribution in [1.82, 2.24) is 10.2 Å². The van der Waals surface area contributed by atoms with Gasteiger partial charge in [-0.15, -0.1) is 0 Å². The number of nitrogens with zero attached hydrogens (tertiary/aromatic N) is 2. The van der Waals surface area contributed by atoms with Crippen LogP contribution in [0.1, 0.15) is 52.4 Å². The Morgan fingerprint density at radius 2 is 2.00 bits per heavy atom. The van der Waals surface area contributed by atoms with Gasteiger partial charge in [0.15, 0.2) is 0 Å². The zero-order valence-corrected chi connectivity index (χ0v) is 13.7. The summed E-state index contributed by atoms with van der Waals surface area (Å²) in [5.74, 6) is 0.399. The van der Waals surface area contributed by atoms with Crippen molar-refractivity contribution < 1.29 is 4.79 Å². The molecule has 1 aliphatic carbocycles. The van der Waals surface area contributed by atoms with Gasteiger partial charge in [0.05, 0.1) is 12.6 Å². The van der Waals surface area contributed by atoms with Crippen LogP contribution >= 0.6 is 0 Å². The Morgan fingerprint density at radius 3 is 2.52 bits per heavy atom. The number of rotatable bonds is 7. The minimum absolute atomic E-state index is 0.0564. The number of carbonyl (C=O) groups excluding carboxylic acids is 1. The molecule has 21 heavy (non-hydrogen) atoms. The van der Waals surface area contributed by atoms with Crippen molar-refractivity contribution >= 4 is 5.91 Å². The van der Waals surface area contributed by atoms with E-state index in [4.69, 9.17) is 5.73 Å². The molecule has 1 fully saturated rings. The Balaban J connectivity index is 2.37. The fourth-order valence-electron chi connectivity index (χ4n) is 2.75. The highest BCUT2D eigenvalue weighted by Gasteiger charge is 2.33. The van der Waals surface area contributed by atoms with Crippen molar-refractivity contribution in [1.29, 1.82) is 5.26 Å². The lowest BCUT2D eigenvalue weighted by Crippen LogP contribution is -2.51. The second kappa shape index (κ2) is 8.35. The molecule has 0 bridgehead atoms.